The number of allylic oxidation sites excluding steroid dienone is 5. The lowest BCUT2D eigenvalue weighted by Gasteiger charge is -2.05. The van der Waals surface area contributed by atoms with Gasteiger partial charge in [0.2, 0.25) is 0 Å². The largest absolute Gasteiger partial charge is 0.0772 e. The average Bonchev–Trinajstić information content (AvgIpc) is 2.23. The van der Waals surface area contributed by atoms with E-state index in [9.17, 15) is 0 Å². The van der Waals surface area contributed by atoms with E-state index in [0.29, 0.717) is 0 Å². The summed E-state index contributed by atoms with van der Waals surface area (Å²) in [5.41, 5.74) is 4.01. The third-order valence-corrected chi connectivity index (χ3v) is 2.37. The highest BCUT2D eigenvalue weighted by Gasteiger charge is 1.97. The Morgan fingerprint density at radius 1 is 1.07 bits per heavy atom. The second kappa shape index (κ2) is 4.10. The third-order valence-electron chi connectivity index (χ3n) is 2.37. The quantitative estimate of drug-likeness (QED) is 0.616. The molecule has 0 aromatic heterocycles. The molecular formula is C14H14. The molecule has 0 spiro atoms. The molecule has 1 aromatic carbocycles. The summed E-state index contributed by atoms with van der Waals surface area (Å²) in [6.45, 7) is 2.13. The van der Waals surface area contributed by atoms with E-state index in [1.54, 1.807) is 0 Å². The Balaban J connectivity index is 2.18. The number of benzene rings is 1. The monoisotopic (exact) mass is 182 g/mol. The van der Waals surface area contributed by atoms with Gasteiger partial charge in [-0.2, -0.15) is 0 Å². The molecule has 1 aliphatic carbocycles. The van der Waals surface area contributed by atoms with Crippen LogP contribution in [0.25, 0.3) is 6.08 Å². The minimum absolute atomic E-state index is 1.05. The standard InChI is InChI=1S/C14H14/c1-12-7-9-14(10-8-12)11-13-5-3-2-4-6-13/h2-9,11H,10H2,1H3. The van der Waals surface area contributed by atoms with Crippen LogP contribution < -0.4 is 0 Å². The zero-order chi connectivity index (χ0) is 9.80. The molecular weight excluding hydrogens is 168 g/mol. The van der Waals surface area contributed by atoms with Gasteiger partial charge in [-0.3, -0.25) is 0 Å². The van der Waals surface area contributed by atoms with Crippen molar-refractivity contribution in [3.63, 3.8) is 0 Å². The van der Waals surface area contributed by atoms with Gasteiger partial charge in [0.1, 0.15) is 0 Å². The minimum atomic E-state index is 1.05. The van der Waals surface area contributed by atoms with Crippen molar-refractivity contribution >= 4 is 6.08 Å². The van der Waals surface area contributed by atoms with E-state index in [4.69, 9.17) is 0 Å². The smallest absolute Gasteiger partial charge is 0.00915 e. The van der Waals surface area contributed by atoms with Gasteiger partial charge < -0.3 is 0 Å². The summed E-state index contributed by atoms with van der Waals surface area (Å²) >= 11 is 0. The van der Waals surface area contributed by atoms with E-state index in [1.165, 1.54) is 16.7 Å². The first-order valence-corrected chi connectivity index (χ1v) is 4.95. The van der Waals surface area contributed by atoms with Crippen molar-refractivity contribution in [2.24, 2.45) is 0 Å². The van der Waals surface area contributed by atoms with Crippen molar-refractivity contribution in [3.8, 4) is 0 Å². The van der Waals surface area contributed by atoms with Gasteiger partial charge in [-0.25, -0.2) is 0 Å². The summed E-state index contributed by atoms with van der Waals surface area (Å²) in [5.74, 6) is 0. The first-order valence-electron chi connectivity index (χ1n) is 4.95. The summed E-state index contributed by atoms with van der Waals surface area (Å²) in [7, 11) is 0. The van der Waals surface area contributed by atoms with Gasteiger partial charge in [-0.15, -0.1) is 0 Å². The molecule has 0 fully saturated rings. The Bertz CT molecular complexity index is 391. The molecule has 0 atom stereocenters. The molecule has 2 rings (SSSR count). The highest BCUT2D eigenvalue weighted by molar-refractivity contribution is 5.57. The number of hydrogen-bond acceptors (Lipinski definition) is 0. The Morgan fingerprint density at radius 2 is 1.86 bits per heavy atom. The molecule has 0 nitrogen and oxygen atoms in total. The van der Waals surface area contributed by atoms with Gasteiger partial charge in [0, 0.05) is 0 Å². The summed E-state index contributed by atoms with van der Waals surface area (Å²) in [6.07, 6.45) is 9.91. The zero-order valence-corrected chi connectivity index (χ0v) is 8.40. The van der Waals surface area contributed by atoms with Crippen molar-refractivity contribution in [1.82, 2.24) is 0 Å². The second-order valence-corrected chi connectivity index (χ2v) is 3.62. The molecule has 14 heavy (non-hydrogen) atoms. The molecule has 0 amide bonds. The lowest BCUT2D eigenvalue weighted by molar-refractivity contribution is 1.23. The molecule has 0 aliphatic heterocycles. The SMILES string of the molecule is CC1=CCC(=Cc2ccccc2)C=C1. The predicted octanol–water partition coefficient (Wildman–Crippen LogP) is 3.98. The highest BCUT2D eigenvalue weighted by Crippen LogP contribution is 2.17. The van der Waals surface area contributed by atoms with Crippen molar-refractivity contribution in [1.29, 1.82) is 0 Å². The summed E-state index contributed by atoms with van der Waals surface area (Å²) in [4.78, 5) is 0. The van der Waals surface area contributed by atoms with Gasteiger partial charge in [0.05, 0.1) is 0 Å². The second-order valence-electron chi connectivity index (χ2n) is 3.62. The Morgan fingerprint density at radius 3 is 2.50 bits per heavy atom. The van der Waals surface area contributed by atoms with E-state index < -0.39 is 0 Å². The van der Waals surface area contributed by atoms with Crippen LogP contribution in [0.5, 0.6) is 0 Å². The van der Waals surface area contributed by atoms with Crippen molar-refractivity contribution in [2.45, 2.75) is 13.3 Å². The topological polar surface area (TPSA) is 0 Å². The van der Waals surface area contributed by atoms with E-state index >= 15 is 0 Å². The minimum Gasteiger partial charge on any atom is -0.0772 e. The first kappa shape index (κ1) is 9.01. The Labute approximate surface area is 85.3 Å². The van der Waals surface area contributed by atoms with Crippen molar-refractivity contribution < 1.29 is 0 Å². The maximum Gasteiger partial charge on any atom is -0.00915 e. The molecule has 1 aromatic rings. The lowest BCUT2D eigenvalue weighted by Crippen LogP contribution is -1.84. The fourth-order valence-corrected chi connectivity index (χ4v) is 1.52. The van der Waals surface area contributed by atoms with Crippen molar-refractivity contribution in [3.05, 3.63) is 65.3 Å². The maximum absolute atomic E-state index is 2.26. The van der Waals surface area contributed by atoms with Gasteiger partial charge in [0.25, 0.3) is 0 Å². The van der Waals surface area contributed by atoms with Gasteiger partial charge in [-0.1, -0.05) is 60.2 Å². The molecule has 0 saturated carbocycles. The molecule has 0 N–H and O–H groups in total. The van der Waals surface area contributed by atoms with E-state index in [0.717, 1.165) is 6.42 Å². The van der Waals surface area contributed by atoms with Crippen LogP contribution in [0.2, 0.25) is 0 Å². The number of hydrogen-bond donors (Lipinski definition) is 0. The highest BCUT2D eigenvalue weighted by atomic mass is 14.0. The summed E-state index contributed by atoms with van der Waals surface area (Å²) in [5, 5.41) is 0. The van der Waals surface area contributed by atoms with Gasteiger partial charge in [0.15, 0.2) is 0 Å². The Kier molecular flexibility index (Phi) is 2.64. The van der Waals surface area contributed by atoms with Crippen LogP contribution in [0, 0.1) is 0 Å². The van der Waals surface area contributed by atoms with Crippen molar-refractivity contribution in [2.75, 3.05) is 0 Å². The molecule has 0 heteroatoms. The maximum atomic E-state index is 2.26. The van der Waals surface area contributed by atoms with Crippen LogP contribution in [0.1, 0.15) is 18.9 Å². The fraction of sp³-hybridized carbons (Fsp3) is 0.143. The van der Waals surface area contributed by atoms with Crippen LogP contribution >= 0.6 is 0 Å². The predicted molar refractivity (Wildman–Crippen MR) is 61.9 cm³/mol. The molecule has 1 aliphatic rings. The molecule has 0 saturated heterocycles. The normalized spacial score (nSPS) is 18.4. The molecule has 0 heterocycles. The van der Waals surface area contributed by atoms with E-state index in [1.807, 2.05) is 6.07 Å². The van der Waals surface area contributed by atoms with Crippen LogP contribution in [-0.4, -0.2) is 0 Å². The molecule has 0 unspecified atom stereocenters. The van der Waals surface area contributed by atoms with Crippen LogP contribution in [-0.2, 0) is 0 Å². The van der Waals surface area contributed by atoms with Crippen LogP contribution in [0.3, 0.4) is 0 Å². The first-order chi connectivity index (χ1) is 6.84. The van der Waals surface area contributed by atoms with Gasteiger partial charge >= 0.3 is 0 Å². The molecule has 70 valence electrons. The summed E-state index contributed by atoms with van der Waals surface area (Å²) < 4.78 is 0. The van der Waals surface area contributed by atoms with Crippen LogP contribution in [0.15, 0.2) is 59.7 Å². The average molecular weight is 182 g/mol. The molecule has 0 radical (unpaired) electrons. The Hall–Kier alpha value is -1.56. The van der Waals surface area contributed by atoms with E-state index in [-0.39, 0.29) is 0 Å². The van der Waals surface area contributed by atoms with Gasteiger partial charge in [-0.05, 0) is 24.5 Å². The summed E-state index contributed by atoms with van der Waals surface area (Å²) in [6, 6.07) is 10.4. The lowest BCUT2D eigenvalue weighted by atomic mass is 10.0. The van der Waals surface area contributed by atoms with Crippen LogP contribution in [0.4, 0.5) is 0 Å². The number of rotatable bonds is 1. The third kappa shape index (κ3) is 2.23. The molecule has 0 bridgehead atoms. The zero-order valence-electron chi connectivity index (χ0n) is 8.40. The fourth-order valence-electron chi connectivity index (χ4n) is 1.52. The van der Waals surface area contributed by atoms with E-state index in [2.05, 4.69) is 55.5 Å².